The monoisotopic (exact) mass is 1400 g/mol. The molecule has 0 spiro atoms. The van der Waals surface area contributed by atoms with Crippen molar-refractivity contribution in [3.8, 4) is 99.3 Å². The number of β-amino-alcohol motifs (C(OH)–C–C–N with tert-alkyl or cyclic N) is 1. The first-order valence-corrected chi connectivity index (χ1v) is 35.2. The maximum absolute atomic E-state index is 12.8. The number of rotatable bonds is 17. The third kappa shape index (κ3) is 16.4. The number of benzene rings is 3. The van der Waals surface area contributed by atoms with Crippen LogP contribution in [-0.2, 0) is 25.9 Å². The molecule has 2 unspecified atom stereocenters. The van der Waals surface area contributed by atoms with Crippen LogP contribution >= 0.6 is 34.0 Å². The van der Waals surface area contributed by atoms with E-state index in [0.717, 1.165) is 135 Å². The van der Waals surface area contributed by atoms with Crippen molar-refractivity contribution in [2.75, 3.05) is 62.3 Å². The van der Waals surface area contributed by atoms with Crippen LogP contribution in [0.2, 0.25) is 0 Å². The minimum Gasteiger partial charge on any atom is -0.464 e. The molecule has 3 aromatic carbocycles. The highest BCUT2D eigenvalue weighted by atomic mass is 32.1. The van der Waals surface area contributed by atoms with E-state index in [-0.39, 0.29) is 28.0 Å². The van der Waals surface area contributed by atoms with Gasteiger partial charge < -0.3 is 41.3 Å². The largest absolute Gasteiger partial charge is 0.464 e. The van der Waals surface area contributed by atoms with Crippen LogP contribution in [0.5, 0.6) is 0 Å². The molecule has 3 atom stereocenters. The Bertz CT molecular complexity index is 4820. The number of anilines is 3. The summed E-state index contributed by atoms with van der Waals surface area (Å²) in [6.07, 6.45) is 21.3. The number of nitrogens with one attached hydrogen (secondary N) is 5. The maximum atomic E-state index is 12.8. The van der Waals surface area contributed by atoms with Gasteiger partial charge in [-0.15, -0.1) is 30.6 Å². The van der Waals surface area contributed by atoms with Gasteiger partial charge in [-0.3, -0.25) is 18.8 Å². The Kier molecular flexibility index (Phi) is 21.1. The van der Waals surface area contributed by atoms with Crippen molar-refractivity contribution in [2.45, 2.75) is 77.1 Å². The lowest BCUT2D eigenvalue weighted by molar-refractivity contribution is 0.0599. The summed E-state index contributed by atoms with van der Waals surface area (Å²) >= 11 is 3.91. The smallest absolute Gasteiger partial charge is 0.369 e. The molecule has 1 amide bonds. The molecule has 0 bridgehead atoms. The van der Waals surface area contributed by atoms with Gasteiger partial charge in [0.2, 0.25) is 10.0 Å². The van der Waals surface area contributed by atoms with Crippen LogP contribution in [0.1, 0.15) is 70.6 Å². The van der Waals surface area contributed by atoms with Crippen LogP contribution in [0.15, 0.2) is 129 Å². The zero-order valence-electron chi connectivity index (χ0n) is 56.1. The molecule has 9 aromatic heterocycles. The first-order chi connectivity index (χ1) is 48.6. The van der Waals surface area contributed by atoms with Gasteiger partial charge in [-0.1, -0.05) is 88.6 Å². The van der Waals surface area contributed by atoms with Gasteiger partial charge in [0, 0.05) is 136 Å². The van der Waals surface area contributed by atoms with E-state index >= 15 is 0 Å². The molecular formula is C69H74N24O4S3. The lowest BCUT2D eigenvalue weighted by atomic mass is 10.1. The molecule has 3 fully saturated rings. The minimum absolute atomic E-state index is 0.123. The number of hydrogen-bond acceptors (Lipinski definition) is 27. The van der Waals surface area contributed by atoms with Crippen LogP contribution in [0.25, 0.3) is 99.3 Å². The summed E-state index contributed by atoms with van der Waals surface area (Å²) in [5.41, 5.74) is 11.3. The number of hydrogen-bond donors (Lipinski definition) is 6. The van der Waals surface area contributed by atoms with Gasteiger partial charge in [0.1, 0.15) is 22.5 Å². The normalized spacial score (nSPS) is 15.9. The summed E-state index contributed by atoms with van der Waals surface area (Å²) in [6, 6.07) is 25.0. The Hall–Kier alpha value is -10.6. The number of ether oxygens (including phenoxy) is 1. The van der Waals surface area contributed by atoms with Crippen LogP contribution in [-0.4, -0.2) is 182 Å². The van der Waals surface area contributed by atoms with E-state index in [4.69, 9.17) is 19.7 Å². The van der Waals surface area contributed by atoms with Crippen molar-refractivity contribution in [1.29, 1.82) is 0 Å². The van der Waals surface area contributed by atoms with E-state index in [1.165, 1.54) is 18.4 Å². The van der Waals surface area contributed by atoms with Crippen molar-refractivity contribution in [1.82, 2.24) is 105 Å². The van der Waals surface area contributed by atoms with Crippen LogP contribution in [0, 0.1) is 6.92 Å². The van der Waals surface area contributed by atoms with Crippen molar-refractivity contribution < 1.29 is 19.4 Å². The minimum atomic E-state index is -0.514. The number of aromatic nitrogens is 18. The summed E-state index contributed by atoms with van der Waals surface area (Å²) in [5, 5.41) is 68.4. The number of esters is 1. The number of aliphatic hydroxyl groups is 1. The topological polar surface area (TPSA) is 335 Å². The van der Waals surface area contributed by atoms with Gasteiger partial charge in [0.25, 0.3) is 5.91 Å². The number of carbonyl (C=O) groups is 2. The Morgan fingerprint density at radius 1 is 0.550 bits per heavy atom. The average molecular weight is 1400 g/mol. The second kappa shape index (κ2) is 31.1. The maximum Gasteiger partial charge on any atom is 0.369 e. The zero-order valence-corrected chi connectivity index (χ0v) is 58.6. The van der Waals surface area contributed by atoms with Gasteiger partial charge in [-0.05, 0) is 101 Å². The van der Waals surface area contributed by atoms with E-state index in [9.17, 15) is 14.7 Å². The molecule has 100 heavy (non-hydrogen) atoms. The predicted octanol–water partition coefficient (Wildman–Crippen LogP) is 9.64. The number of aryl methyl sites for hydroxylation is 4. The molecule has 0 radical (unpaired) electrons. The molecule has 3 aliphatic rings. The van der Waals surface area contributed by atoms with Crippen molar-refractivity contribution >= 4 is 63.3 Å². The lowest BCUT2D eigenvalue weighted by Gasteiger charge is -2.25. The second-order valence-electron chi connectivity index (χ2n) is 24.6. The molecule has 31 heteroatoms. The fourth-order valence-corrected chi connectivity index (χ4v) is 13.9. The van der Waals surface area contributed by atoms with Crippen molar-refractivity contribution in [3.05, 3.63) is 144 Å². The molecule has 15 rings (SSSR count). The molecule has 512 valence electrons. The summed E-state index contributed by atoms with van der Waals surface area (Å²) in [4.78, 5) is 54.8. The van der Waals surface area contributed by atoms with Crippen LogP contribution < -0.4 is 26.6 Å². The molecule has 12 heterocycles. The van der Waals surface area contributed by atoms with Crippen molar-refractivity contribution in [3.63, 3.8) is 0 Å². The lowest BCUT2D eigenvalue weighted by Crippen LogP contribution is -2.38. The number of nitrogens with zero attached hydrogens (tertiary/aromatic N) is 19. The molecule has 12 aromatic rings. The number of likely N-dealkylation sites (tertiary alicyclic amines) is 1. The Balaban J connectivity index is 0.000000135. The third-order valence-corrected chi connectivity index (χ3v) is 19.4. The summed E-state index contributed by atoms with van der Waals surface area (Å²) in [5.74, 6) is 3.23. The number of amides is 1. The molecule has 0 saturated carbocycles. The summed E-state index contributed by atoms with van der Waals surface area (Å²) < 4.78 is 10.1. The average Bonchev–Trinajstić information content (AvgIpc) is 1.45. The van der Waals surface area contributed by atoms with Gasteiger partial charge in [-0.2, -0.15) is 15.3 Å². The first kappa shape index (κ1) is 68.0. The molecule has 28 nitrogen and oxygen atoms in total. The molecule has 3 aliphatic heterocycles. The Morgan fingerprint density at radius 3 is 1.38 bits per heavy atom. The zero-order chi connectivity index (χ0) is 69.2. The van der Waals surface area contributed by atoms with Crippen LogP contribution in [0.3, 0.4) is 0 Å². The number of aliphatic hydroxyl groups excluding tert-OH is 1. The molecular weight excluding hydrogens is 1330 g/mol. The van der Waals surface area contributed by atoms with E-state index in [2.05, 4.69) is 106 Å². The van der Waals surface area contributed by atoms with E-state index in [1.54, 1.807) is 42.7 Å². The summed E-state index contributed by atoms with van der Waals surface area (Å²) in [6.45, 7) is 10.7. The van der Waals surface area contributed by atoms with Gasteiger partial charge >= 0.3 is 5.97 Å². The Morgan fingerprint density at radius 2 is 0.980 bits per heavy atom. The summed E-state index contributed by atoms with van der Waals surface area (Å²) in [7, 11) is 7.03. The molecule has 0 aliphatic carbocycles. The van der Waals surface area contributed by atoms with E-state index in [0.29, 0.717) is 75.8 Å². The Labute approximate surface area is 588 Å². The molecule has 6 N–H and O–H groups in total. The second-order valence-corrected chi connectivity index (χ2v) is 27.8. The highest BCUT2D eigenvalue weighted by Gasteiger charge is 2.29. The third-order valence-electron chi connectivity index (χ3n) is 16.6. The van der Waals surface area contributed by atoms with Gasteiger partial charge in [0.15, 0.2) is 32.5 Å². The number of carbonyl (C=O) groups excluding carboxylic acids is 2. The van der Waals surface area contributed by atoms with E-state index in [1.807, 2.05) is 140 Å². The van der Waals surface area contributed by atoms with Crippen molar-refractivity contribution in [2.24, 2.45) is 21.1 Å². The highest BCUT2D eigenvalue weighted by Crippen LogP contribution is 2.37. The fourth-order valence-electron chi connectivity index (χ4n) is 11.6. The standard InChI is InChI=1S/C24H26N8O2S.C23H24N8O2S.C22H24N8S/c1-14(2)27-21-19(22-29-30-23(35-22)24(34)32-8-7-18(33)13-32)11-25-20(28-21)16-6-4-5-15(9-16)17-10-26-31(3)12-17;1-31-13-16(10-26-31)14-5-3-6-15(9-14)19-25-12-18(21-29-30-22(34-21)23(32)33-2)20(28-19)27-17-7-4-8-24-11-17;1-14-28-29-22(31-14)19-12-24-20(27-21(19)26-18-7-4-8-23-11-18)16-6-3-5-15(9-16)17-10-25-30(2)13-17/h4-6,9-12,14,18,33H,7-8,13H2,1-3H3,(H,25,27,28);3,5-6,9-10,12-13,17,24H,4,7-8,11H2,1-2H3,(H,25,27,28);3,5-6,9-10,12-13,18,23H,4,7-8,11H2,1-2H3,(H,24,26,27)/t18-;;/m0../s1. The highest BCUT2D eigenvalue weighted by molar-refractivity contribution is 7.17. The first-order valence-electron chi connectivity index (χ1n) is 32.8. The fraction of sp³-hybridized carbons (Fsp3) is 0.319. The SMILES string of the molecule is CC(C)Nc1nc(-c2cccc(-c3cnn(C)c3)c2)ncc1-c1nnc(C(=O)N2CC[C@H](O)C2)s1.COC(=O)c1nnc(-c2cnc(-c3cccc(-c4cnn(C)c4)c3)nc2NC2CCCNC2)s1.Cc1nnc(-c2cnc(-c3cccc(-c4cnn(C)c4)c3)nc2NC2CCCNC2)s1. The van der Waals surface area contributed by atoms with Gasteiger partial charge in [-0.25, -0.2) is 34.7 Å². The predicted molar refractivity (Wildman–Crippen MR) is 386 cm³/mol. The van der Waals surface area contributed by atoms with Gasteiger partial charge in [0.05, 0.1) is 48.5 Å². The number of methoxy groups -OCH3 is 1. The number of piperidine rings is 2. The van der Waals surface area contributed by atoms with Crippen LogP contribution in [0.4, 0.5) is 17.5 Å². The molecule has 3 saturated heterocycles. The van der Waals surface area contributed by atoms with E-state index < -0.39 is 12.1 Å². The quantitative estimate of drug-likeness (QED) is 0.0462.